The maximum atomic E-state index is 3.72. The minimum absolute atomic E-state index is 0.760. The van der Waals surface area contributed by atoms with E-state index in [-0.39, 0.29) is 0 Å². The Kier molecular flexibility index (Phi) is 4.04. The molecule has 0 radical (unpaired) electrons. The summed E-state index contributed by atoms with van der Waals surface area (Å²) in [5, 5.41) is 3.72. The van der Waals surface area contributed by atoms with E-state index in [1.807, 2.05) is 11.3 Å². The Balaban J connectivity index is 1.81. The summed E-state index contributed by atoms with van der Waals surface area (Å²) in [5.41, 5.74) is 1.50. The van der Waals surface area contributed by atoms with E-state index in [4.69, 9.17) is 0 Å². The minimum Gasteiger partial charge on any atom is -0.310 e. The summed E-state index contributed by atoms with van der Waals surface area (Å²) in [6.45, 7) is 7.87. The summed E-state index contributed by atoms with van der Waals surface area (Å²) in [4.78, 5) is 2.92. The van der Waals surface area contributed by atoms with E-state index in [0.717, 1.165) is 18.5 Å². The first-order valence-corrected chi connectivity index (χ1v) is 7.26. The van der Waals surface area contributed by atoms with Crippen molar-refractivity contribution in [2.75, 3.05) is 0 Å². The molecule has 2 rings (SSSR count). The van der Waals surface area contributed by atoms with Crippen LogP contribution in [0.2, 0.25) is 0 Å². The van der Waals surface area contributed by atoms with Crippen molar-refractivity contribution < 1.29 is 0 Å². The van der Waals surface area contributed by atoms with Crippen molar-refractivity contribution in [3.63, 3.8) is 0 Å². The Labute approximate surface area is 103 Å². The molecule has 1 heterocycles. The van der Waals surface area contributed by atoms with Crippen molar-refractivity contribution in [3.05, 3.63) is 21.4 Å². The Morgan fingerprint density at radius 3 is 2.50 bits per heavy atom. The van der Waals surface area contributed by atoms with Gasteiger partial charge in [-0.05, 0) is 57.1 Å². The molecule has 1 aliphatic rings. The van der Waals surface area contributed by atoms with Gasteiger partial charge in [0, 0.05) is 22.3 Å². The number of aryl methyl sites for hydroxylation is 2. The lowest BCUT2D eigenvalue weighted by Gasteiger charge is -2.27. The highest BCUT2D eigenvalue weighted by atomic mass is 32.1. The Morgan fingerprint density at radius 2 is 1.94 bits per heavy atom. The molecule has 90 valence electrons. The number of thiophene rings is 1. The average molecular weight is 237 g/mol. The van der Waals surface area contributed by atoms with Crippen LogP contribution in [-0.2, 0) is 6.54 Å². The van der Waals surface area contributed by atoms with Crippen LogP contribution >= 0.6 is 11.3 Å². The maximum absolute atomic E-state index is 3.72. The molecule has 1 aromatic rings. The van der Waals surface area contributed by atoms with Gasteiger partial charge in [-0.3, -0.25) is 0 Å². The second-order valence-corrected chi connectivity index (χ2v) is 6.74. The standard InChI is InChI=1S/C14H23NS/c1-10-4-6-14(7-5-10)15-9-13-8-11(2)16-12(13)3/h8,10,14-15H,4-7,9H2,1-3H3. The van der Waals surface area contributed by atoms with E-state index in [9.17, 15) is 0 Å². The van der Waals surface area contributed by atoms with E-state index in [2.05, 4.69) is 32.2 Å². The number of hydrogen-bond donors (Lipinski definition) is 1. The van der Waals surface area contributed by atoms with Gasteiger partial charge in [-0.2, -0.15) is 0 Å². The summed E-state index contributed by atoms with van der Waals surface area (Å²) in [6.07, 6.45) is 5.53. The van der Waals surface area contributed by atoms with Crippen LogP contribution in [0, 0.1) is 19.8 Å². The molecule has 1 saturated carbocycles. The molecule has 1 fully saturated rings. The van der Waals surface area contributed by atoms with Crippen LogP contribution in [0.1, 0.15) is 47.9 Å². The van der Waals surface area contributed by atoms with Crippen LogP contribution in [0.15, 0.2) is 6.07 Å². The van der Waals surface area contributed by atoms with Gasteiger partial charge in [-0.15, -0.1) is 11.3 Å². The van der Waals surface area contributed by atoms with E-state index in [0.29, 0.717) is 0 Å². The highest BCUT2D eigenvalue weighted by Crippen LogP contribution is 2.25. The van der Waals surface area contributed by atoms with Crippen LogP contribution in [0.25, 0.3) is 0 Å². The largest absolute Gasteiger partial charge is 0.310 e. The second-order valence-electron chi connectivity index (χ2n) is 5.28. The monoisotopic (exact) mass is 237 g/mol. The first kappa shape index (κ1) is 12.1. The highest BCUT2D eigenvalue weighted by Gasteiger charge is 2.17. The Hall–Kier alpha value is -0.340. The number of rotatable bonds is 3. The minimum atomic E-state index is 0.760. The summed E-state index contributed by atoms with van der Waals surface area (Å²) in [6, 6.07) is 3.09. The van der Waals surface area contributed by atoms with Crippen molar-refractivity contribution in [1.82, 2.24) is 5.32 Å². The summed E-state index contributed by atoms with van der Waals surface area (Å²) in [7, 11) is 0. The quantitative estimate of drug-likeness (QED) is 0.837. The zero-order chi connectivity index (χ0) is 11.5. The summed E-state index contributed by atoms with van der Waals surface area (Å²) < 4.78 is 0. The zero-order valence-corrected chi connectivity index (χ0v) is 11.5. The molecule has 1 aliphatic carbocycles. The first-order valence-electron chi connectivity index (χ1n) is 6.44. The van der Waals surface area contributed by atoms with Gasteiger partial charge in [0.1, 0.15) is 0 Å². The fourth-order valence-corrected chi connectivity index (χ4v) is 3.52. The first-order chi connectivity index (χ1) is 7.65. The van der Waals surface area contributed by atoms with Crippen LogP contribution in [0.4, 0.5) is 0 Å². The smallest absolute Gasteiger partial charge is 0.0219 e. The van der Waals surface area contributed by atoms with Crippen LogP contribution in [0.5, 0.6) is 0 Å². The van der Waals surface area contributed by atoms with Crippen molar-refractivity contribution in [1.29, 1.82) is 0 Å². The molecule has 0 spiro atoms. The molecule has 0 atom stereocenters. The molecule has 0 saturated heterocycles. The maximum Gasteiger partial charge on any atom is 0.0219 e. The third-order valence-corrected chi connectivity index (χ3v) is 4.75. The molecule has 16 heavy (non-hydrogen) atoms. The summed E-state index contributed by atoms with van der Waals surface area (Å²) >= 11 is 1.92. The van der Waals surface area contributed by atoms with Crippen LogP contribution in [0.3, 0.4) is 0 Å². The normalized spacial score (nSPS) is 25.9. The molecule has 1 nitrogen and oxygen atoms in total. The van der Waals surface area contributed by atoms with E-state index >= 15 is 0 Å². The molecule has 0 unspecified atom stereocenters. The Morgan fingerprint density at radius 1 is 1.25 bits per heavy atom. The van der Waals surface area contributed by atoms with Crippen molar-refractivity contribution in [3.8, 4) is 0 Å². The fraction of sp³-hybridized carbons (Fsp3) is 0.714. The van der Waals surface area contributed by atoms with Crippen molar-refractivity contribution >= 4 is 11.3 Å². The topological polar surface area (TPSA) is 12.0 Å². The zero-order valence-electron chi connectivity index (χ0n) is 10.7. The predicted octanol–water partition coefficient (Wildman–Crippen LogP) is 4.03. The van der Waals surface area contributed by atoms with Gasteiger partial charge < -0.3 is 5.32 Å². The number of hydrogen-bond acceptors (Lipinski definition) is 2. The van der Waals surface area contributed by atoms with Gasteiger partial charge >= 0.3 is 0 Å². The van der Waals surface area contributed by atoms with Crippen LogP contribution < -0.4 is 5.32 Å². The molecule has 0 aliphatic heterocycles. The third-order valence-electron chi connectivity index (χ3n) is 3.74. The molecular weight excluding hydrogens is 214 g/mol. The van der Waals surface area contributed by atoms with Crippen molar-refractivity contribution in [2.45, 2.75) is 59.0 Å². The van der Waals surface area contributed by atoms with Gasteiger partial charge in [0.15, 0.2) is 0 Å². The number of nitrogens with one attached hydrogen (secondary N) is 1. The lowest BCUT2D eigenvalue weighted by Crippen LogP contribution is -2.32. The van der Waals surface area contributed by atoms with Crippen molar-refractivity contribution in [2.24, 2.45) is 5.92 Å². The molecule has 0 aromatic carbocycles. The van der Waals surface area contributed by atoms with Crippen LogP contribution in [-0.4, -0.2) is 6.04 Å². The molecule has 0 amide bonds. The van der Waals surface area contributed by atoms with E-state index < -0.39 is 0 Å². The second kappa shape index (κ2) is 5.33. The van der Waals surface area contributed by atoms with E-state index in [1.165, 1.54) is 41.0 Å². The van der Waals surface area contributed by atoms with Gasteiger partial charge in [0.05, 0.1) is 0 Å². The highest BCUT2D eigenvalue weighted by molar-refractivity contribution is 7.12. The molecular formula is C14H23NS. The average Bonchev–Trinajstić information content (AvgIpc) is 2.57. The van der Waals surface area contributed by atoms with Gasteiger partial charge in [-0.25, -0.2) is 0 Å². The lowest BCUT2D eigenvalue weighted by molar-refractivity contribution is 0.306. The third kappa shape index (κ3) is 3.08. The molecule has 0 bridgehead atoms. The van der Waals surface area contributed by atoms with Gasteiger partial charge in [0.2, 0.25) is 0 Å². The molecule has 2 heteroatoms. The fourth-order valence-electron chi connectivity index (χ4n) is 2.58. The molecule has 1 aromatic heterocycles. The van der Waals surface area contributed by atoms with Gasteiger partial charge in [0.25, 0.3) is 0 Å². The molecule has 1 N–H and O–H groups in total. The Bertz CT molecular complexity index is 335. The lowest BCUT2D eigenvalue weighted by atomic mass is 9.87. The SMILES string of the molecule is Cc1cc(CNC2CCC(C)CC2)c(C)s1. The van der Waals surface area contributed by atoms with E-state index in [1.54, 1.807) is 0 Å². The summed E-state index contributed by atoms with van der Waals surface area (Å²) in [5.74, 6) is 0.947. The van der Waals surface area contributed by atoms with Gasteiger partial charge in [-0.1, -0.05) is 6.92 Å². The predicted molar refractivity (Wildman–Crippen MR) is 72.1 cm³/mol.